The molecule has 0 spiro atoms. The second kappa shape index (κ2) is 7.31. The van der Waals surface area contributed by atoms with Crippen LogP contribution in [-0.2, 0) is 13.1 Å². The summed E-state index contributed by atoms with van der Waals surface area (Å²) in [4.78, 5) is 16.9. The highest BCUT2D eigenvalue weighted by atomic mass is 16.1. The largest absolute Gasteiger partial charge is 0.310 e. The number of nitrogens with zero attached hydrogens (tertiary/aromatic N) is 3. The quantitative estimate of drug-likeness (QED) is 0.890. The Balaban J connectivity index is 2.45. The van der Waals surface area contributed by atoms with Crippen molar-refractivity contribution in [3.05, 3.63) is 46.4 Å². The van der Waals surface area contributed by atoms with Gasteiger partial charge in [0.1, 0.15) is 5.69 Å². The van der Waals surface area contributed by atoms with Crippen molar-refractivity contribution in [3.8, 4) is 11.4 Å². The molecule has 2 heterocycles. The Morgan fingerprint density at radius 3 is 2.55 bits per heavy atom. The highest BCUT2D eigenvalue weighted by Crippen LogP contribution is 2.13. The minimum Gasteiger partial charge on any atom is -0.310 e. The lowest BCUT2D eigenvalue weighted by Crippen LogP contribution is -2.32. The fourth-order valence-electron chi connectivity index (χ4n) is 2.15. The van der Waals surface area contributed by atoms with Gasteiger partial charge in [0.25, 0.3) is 5.56 Å². The first kappa shape index (κ1) is 16.4. The van der Waals surface area contributed by atoms with Crippen LogP contribution >= 0.6 is 0 Å². The zero-order chi connectivity index (χ0) is 16.1. The summed E-state index contributed by atoms with van der Waals surface area (Å²) in [5.41, 5.74) is 2.22. The van der Waals surface area contributed by atoms with Gasteiger partial charge in [-0.05, 0) is 24.1 Å². The van der Waals surface area contributed by atoms with Crippen molar-refractivity contribution in [1.29, 1.82) is 0 Å². The van der Waals surface area contributed by atoms with Gasteiger partial charge in [0, 0.05) is 30.9 Å². The molecule has 2 rings (SSSR count). The van der Waals surface area contributed by atoms with E-state index in [4.69, 9.17) is 0 Å². The molecule has 0 saturated carbocycles. The van der Waals surface area contributed by atoms with Crippen molar-refractivity contribution < 1.29 is 0 Å². The number of hydrogen-bond donors (Lipinski definition) is 1. The summed E-state index contributed by atoms with van der Waals surface area (Å²) in [5, 5.41) is 7.78. The SMILES string of the molecule is CC(C)Cn1nc(-c2ccccn2)cc(CNC(C)C)c1=O. The molecular formula is C17H24N4O. The number of hydrogen-bond acceptors (Lipinski definition) is 4. The van der Waals surface area contributed by atoms with Crippen LogP contribution in [0, 0.1) is 5.92 Å². The van der Waals surface area contributed by atoms with Gasteiger partial charge in [-0.15, -0.1) is 0 Å². The fraction of sp³-hybridized carbons (Fsp3) is 0.471. The van der Waals surface area contributed by atoms with Gasteiger partial charge in [0.05, 0.1) is 5.69 Å². The van der Waals surface area contributed by atoms with E-state index >= 15 is 0 Å². The van der Waals surface area contributed by atoms with Gasteiger partial charge in [-0.1, -0.05) is 33.8 Å². The summed E-state index contributed by atoms with van der Waals surface area (Å²) >= 11 is 0. The van der Waals surface area contributed by atoms with E-state index in [1.807, 2.05) is 24.3 Å². The molecule has 0 aliphatic rings. The minimum absolute atomic E-state index is 0.0264. The van der Waals surface area contributed by atoms with Crippen LogP contribution in [0.4, 0.5) is 0 Å². The monoisotopic (exact) mass is 300 g/mol. The maximum atomic E-state index is 12.5. The molecule has 22 heavy (non-hydrogen) atoms. The molecule has 0 radical (unpaired) electrons. The van der Waals surface area contributed by atoms with E-state index in [0.717, 1.165) is 17.0 Å². The maximum Gasteiger partial charge on any atom is 0.271 e. The molecule has 0 atom stereocenters. The first-order valence-corrected chi connectivity index (χ1v) is 7.73. The maximum absolute atomic E-state index is 12.5. The smallest absolute Gasteiger partial charge is 0.271 e. The van der Waals surface area contributed by atoms with E-state index in [1.54, 1.807) is 10.9 Å². The van der Waals surface area contributed by atoms with Crippen LogP contribution in [0.1, 0.15) is 33.3 Å². The Labute approximate surface area is 131 Å². The Morgan fingerprint density at radius 2 is 1.95 bits per heavy atom. The highest BCUT2D eigenvalue weighted by molar-refractivity contribution is 5.53. The van der Waals surface area contributed by atoms with E-state index in [1.165, 1.54) is 0 Å². The Bertz CT molecular complexity index is 662. The van der Waals surface area contributed by atoms with Crippen LogP contribution in [0.2, 0.25) is 0 Å². The average Bonchev–Trinajstić information content (AvgIpc) is 2.48. The van der Waals surface area contributed by atoms with Crippen molar-refractivity contribution >= 4 is 0 Å². The van der Waals surface area contributed by atoms with E-state index in [2.05, 4.69) is 43.1 Å². The number of aromatic nitrogens is 3. The average molecular weight is 300 g/mol. The molecule has 118 valence electrons. The third-order valence-corrected chi connectivity index (χ3v) is 3.21. The van der Waals surface area contributed by atoms with E-state index in [0.29, 0.717) is 25.0 Å². The summed E-state index contributed by atoms with van der Waals surface area (Å²) in [6, 6.07) is 7.87. The van der Waals surface area contributed by atoms with E-state index in [9.17, 15) is 4.79 Å². The Morgan fingerprint density at radius 1 is 1.18 bits per heavy atom. The molecule has 1 N–H and O–H groups in total. The van der Waals surface area contributed by atoms with Gasteiger partial charge in [-0.2, -0.15) is 5.10 Å². The second-order valence-electron chi connectivity index (χ2n) is 6.19. The molecule has 0 aliphatic carbocycles. The molecular weight excluding hydrogens is 276 g/mol. The summed E-state index contributed by atoms with van der Waals surface area (Å²) in [5.74, 6) is 0.357. The minimum atomic E-state index is -0.0264. The van der Waals surface area contributed by atoms with Gasteiger partial charge in [0.15, 0.2) is 0 Å². The number of pyridine rings is 1. The molecule has 2 aromatic heterocycles. The van der Waals surface area contributed by atoms with Crippen LogP contribution in [0.5, 0.6) is 0 Å². The standard InChI is InChI=1S/C17H24N4O/c1-12(2)11-21-17(22)14(10-19-13(3)4)9-16(20-21)15-7-5-6-8-18-15/h5-9,12-13,19H,10-11H2,1-4H3. The summed E-state index contributed by atoms with van der Waals surface area (Å²) in [7, 11) is 0. The molecule has 0 saturated heterocycles. The first-order valence-electron chi connectivity index (χ1n) is 7.73. The van der Waals surface area contributed by atoms with Gasteiger partial charge < -0.3 is 5.32 Å². The zero-order valence-corrected chi connectivity index (χ0v) is 13.7. The van der Waals surface area contributed by atoms with Gasteiger partial charge in [-0.3, -0.25) is 9.78 Å². The lowest BCUT2D eigenvalue weighted by Gasteiger charge is -2.13. The molecule has 0 unspecified atom stereocenters. The normalized spacial score (nSPS) is 11.4. The summed E-state index contributed by atoms with van der Waals surface area (Å²) < 4.78 is 1.56. The molecule has 0 bridgehead atoms. The highest BCUT2D eigenvalue weighted by Gasteiger charge is 2.12. The molecule has 5 heteroatoms. The number of nitrogens with one attached hydrogen (secondary N) is 1. The summed E-state index contributed by atoms with van der Waals surface area (Å²) in [6.45, 7) is 9.42. The van der Waals surface area contributed by atoms with Crippen molar-refractivity contribution in [2.24, 2.45) is 5.92 Å². The molecule has 0 amide bonds. The van der Waals surface area contributed by atoms with Crippen LogP contribution in [-0.4, -0.2) is 20.8 Å². The van der Waals surface area contributed by atoms with Crippen molar-refractivity contribution in [2.45, 2.75) is 46.8 Å². The van der Waals surface area contributed by atoms with Gasteiger partial charge in [0.2, 0.25) is 0 Å². The predicted octanol–water partition coefficient (Wildman–Crippen LogP) is 2.46. The van der Waals surface area contributed by atoms with Crippen molar-refractivity contribution in [3.63, 3.8) is 0 Å². The van der Waals surface area contributed by atoms with Crippen LogP contribution in [0.25, 0.3) is 11.4 Å². The van der Waals surface area contributed by atoms with Gasteiger partial charge in [-0.25, -0.2) is 4.68 Å². The Hall–Kier alpha value is -2.01. The molecule has 0 fully saturated rings. The molecule has 0 aliphatic heterocycles. The van der Waals surface area contributed by atoms with Crippen LogP contribution in [0.15, 0.2) is 35.3 Å². The third kappa shape index (κ3) is 4.24. The number of rotatable bonds is 6. The Kier molecular flexibility index (Phi) is 5.44. The second-order valence-corrected chi connectivity index (χ2v) is 6.19. The predicted molar refractivity (Wildman–Crippen MR) is 88.5 cm³/mol. The summed E-state index contributed by atoms with van der Waals surface area (Å²) in [6.07, 6.45) is 1.74. The molecule has 5 nitrogen and oxygen atoms in total. The van der Waals surface area contributed by atoms with E-state index in [-0.39, 0.29) is 5.56 Å². The molecule has 2 aromatic rings. The lowest BCUT2D eigenvalue weighted by atomic mass is 10.2. The van der Waals surface area contributed by atoms with Crippen LogP contribution in [0.3, 0.4) is 0 Å². The van der Waals surface area contributed by atoms with E-state index < -0.39 is 0 Å². The first-order chi connectivity index (χ1) is 10.5. The third-order valence-electron chi connectivity index (χ3n) is 3.21. The topological polar surface area (TPSA) is 59.8 Å². The van der Waals surface area contributed by atoms with Crippen LogP contribution < -0.4 is 10.9 Å². The van der Waals surface area contributed by atoms with Crippen molar-refractivity contribution in [2.75, 3.05) is 0 Å². The molecule has 0 aromatic carbocycles. The van der Waals surface area contributed by atoms with Gasteiger partial charge >= 0.3 is 0 Å². The lowest BCUT2D eigenvalue weighted by molar-refractivity contribution is 0.459. The van der Waals surface area contributed by atoms with Crippen molar-refractivity contribution in [1.82, 2.24) is 20.1 Å². The fourth-order valence-corrected chi connectivity index (χ4v) is 2.15. The zero-order valence-electron chi connectivity index (χ0n) is 13.7.